The fraction of sp³-hybridized carbons (Fsp3) is 0.0312. The summed E-state index contributed by atoms with van der Waals surface area (Å²) in [5, 5.41) is 0. The molecule has 0 fully saturated rings. The summed E-state index contributed by atoms with van der Waals surface area (Å²) in [6.07, 6.45) is 24.6. The molecule has 0 unspecified atom stereocenters. The maximum atomic E-state index is 12.4. The van der Waals surface area contributed by atoms with E-state index in [1.807, 2.05) is 79.1 Å². The number of rotatable bonds is 7. The van der Waals surface area contributed by atoms with Gasteiger partial charge in [0.25, 0.3) is 0 Å². The average Bonchev–Trinajstić information content (AvgIpc) is 3.82. The number of benzene rings is 1. The second-order valence-electron chi connectivity index (χ2n) is 9.41. The predicted octanol–water partition coefficient (Wildman–Crippen LogP) is 6.63. The van der Waals surface area contributed by atoms with Crippen LogP contribution in [0.5, 0.6) is 0 Å². The van der Waals surface area contributed by atoms with Gasteiger partial charge in [0.15, 0.2) is 5.78 Å². The lowest BCUT2D eigenvalue weighted by Crippen LogP contribution is -2.18. The maximum absolute atomic E-state index is 12.4. The van der Waals surface area contributed by atoms with Crippen molar-refractivity contribution in [2.45, 2.75) is 6.92 Å². The summed E-state index contributed by atoms with van der Waals surface area (Å²) in [5.74, 6) is 0.0269. The topological polar surface area (TPSA) is 46.6 Å². The van der Waals surface area contributed by atoms with E-state index in [2.05, 4.69) is 89.4 Å². The molecule has 39 heavy (non-hydrogen) atoms. The molecule has 0 radical (unpaired) electrons. The summed E-state index contributed by atoms with van der Waals surface area (Å²) in [6.45, 7) is 1.60. The molecule has 0 amide bonds. The first kappa shape index (κ1) is 22.7. The van der Waals surface area contributed by atoms with Gasteiger partial charge in [-0.25, -0.2) is 0 Å². The second kappa shape index (κ2) is 9.15. The second-order valence-corrected chi connectivity index (χ2v) is 9.41. The molecule has 0 saturated heterocycles. The van der Waals surface area contributed by atoms with Gasteiger partial charge in [0, 0.05) is 79.9 Å². The first-order chi connectivity index (χ1) is 19.2. The van der Waals surface area contributed by atoms with E-state index in [1.54, 1.807) is 6.92 Å². The monoisotopic (exact) mass is 510 g/mol. The van der Waals surface area contributed by atoms with Crippen LogP contribution >= 0.6 is 0 Å². The molecule has 7 aromatic rings. The third-order valence-electron chi connectivity index (χ3n) is 7.02. The first-order valence-electron chi connectivity index (χ1n) is 12.8. The van der Waals surface area contributed by atoms with Crippen molar-refractivity contribution < 1.29 is 4.79 Å². The molecule has 0 spiro atoms. The van der Waals surface area contributed by atoms with Crippen molar-refractivity contribution in [1.29, 1.82) is 0 Å². The van der Waals surface area contributed by atoms with Crippen LogP contribution < -0.4 is 0 Å². The van der Waals surface area contributed by atoms with Crippen molar-refractivity contribution in [3.8, 4) is 34.1 Å². The molecule has 190 valence electrons. The zero-order valence-corrected chi connectivity index (χ0v) is 21.4. The van der Waals surface area contributed by atoms with E-state index >= 15 is 0 Å². The molecular formula is C32H26N6O. The van der Waals surface area contributed by atoms with Gasteiger partial charge >= 0.3 is 0 Å². The van der Waals surface area contributed by atoms with Gasteiger partial charge in [0.2, 0.25) is 0 Å². The van der Waals surface area contributed by atoms with E-state index in [9.17, 15) is 4.79 Å². The zero-order valence-electron chi connectivity index (χ0n) is 21.4. The van der Waals surface area contributed by atoms with E-state index < -0.39 is 0 Å². The minimum atomic E-state index is 0.0269. The molecule has 0 aliphatic rings. The quantitative estimate of drug-likeness (QED) is 0.222. The average molecular weight is 511 g/mol. The van der Waals surface area contributed by atoms with Gasteiger partial charge in [-0.2, -0.15) is 0 Å². The Morgan fingerprint density at radius 1 is 0.410 bits per heavy atom. The van der Waals surface area contributed by atoms with Gasteiger partial charge in [-0.1, -0.05) is 0 Å². The van der Waals surface area contributed by atoms with Gasteiger partial charge in [0.1, 0.15) is 0 Å². The lowest BCUT2D eigenvalue weighted by Gasteiger charge is -2.29. The highest BCUT2D eigenvalue weighted by Crippen LogP contribution is 2.43. The highest BCUT2D eigenvalue weighted by molar-refractivity contribution is 5.94. The minimum absolute atomic E-state index is 0.0269. The molecule has 0 bridgehead atoms. The lowest BCUT2D eigenvalue weighted by atomic mass is 10.1. The van der Waals surface area contributed by atoms with E-state index in [0.717, 1.165) is 34.1 Å². The van der Waals surface area contributed by atoms with Gasteiger partial charge in [-0.15, -0.1) is 0 Å². The van der Waals surface area contributed by atoms with E-state index in [4.69, 9.17) is 0 Å². The molecule has 1 aromatic carbocycles. The van der Waals surface area contributed by atoms with Crippen molar-refractivity contribution >= 4 is 5.78 Å². The van der Waals surface area contributed by atoms with Crippen LogP contribution in [0.25, 0.3) is 34.1 Å². The summed E-state index contributed by atoms with van der Waals surface area (Å²) in [5.41, 5.74) is 6.57. The van der Waals surface area contributed by atoms with Gasteiger partial charge in [-0.3, -0.25) is 4.79 Å². The Bertz CT molecular complexity index is 1750. The molecule has 6 heterocycles. The van der Waals surface area contributed by atoms with E-state index in [0.29, 0.717) is 5.56 Å². The molecule has 6 aromatic heterocycles. The highest BCUT2D eigenvalue weighted by atomic mass is 16.1. The standard InChI is InChI=1S/C32H26N6O/c1-25(39)26-12-23-38(24-26)32-30(36-19-8-9-20-36)28(34-15-4-5-16-34)27(33-13-2-3-14-33)29(35-17-6-7-18-35)31(32)37-21-10-11-22-37/h2-24H,1H3. The number of hydrogen-bond donors (Lipinski definition) is 0. The number of aromatic nitrogens is 6. The number of carbonyl (C=O) groups is 1. The van der Waals surface area contributed by atoms with Crippen LogP contribution in [0.3, 0.4) is 0 Å². The minimum Gasteiger partial charge on any atom is -0.320 e. The SMILES string of the molecule is CC(=O)c1ccn(-c2c(-n3cccc3)c(-n3cccc3)c(-n3cccc3)c(-n3cccc3)c2-n2cccc2)c1. The lowest BCUT2D eigenvalue weighted by molar-refractivity contribution is 0.101. The fourth-order valence-electron chi connectivity index (χ4n) is 5.30. The number of nitrogens with zero attached hydrogens (tertiary/aromatic N) is 6. The Labute approximate surface area is 225 Å². The predicted molar refractivity (Wildman–Crippen MR) is 152 cm³/mol. The number of hydrogen-bond acceptors (Lipinski definition) is 1. The highest BCUT2D eigenvalue weighted by Gasteiger charge is 2.29. The summed E-state index contributed by atoms with van der Waals surface area (Å²) in [7, 11) is 0. The van der Waals surface area contributed by atoms with Crippen LogP contribution in [0.1, 0.15) is 17.3 Å². The molecule has 0 aliphatic carbocycles. The van der Waals surface area contributed by atoms with Crippen molar-refractivity contribution in [3.63, 3.8) is 0 Å². The normalized spacial score (nSPS) is 11.3. The van der Waals surface area contributed by atoms with Gasteiger partial charge in [-0.05, 0) is 73.7 Å². The van der Waals surface area contributed by atoms with E-state index in [-0.39, 0.29) is 5.78 Å². The number of Topliss-reactive ketones (excluding diaryl/α,β-unsaturated/α-hetero) is 1. The summed E-state index contributed by atoms with van der Waals surface area (Å²) < 4.78 is 12.9. The number of carbonyl (C=O) groups excluding carboxylic acids is 1. The molecule has 0 saturated carbocycles. The third-order valence-corrected chi connectivity index (χ3v) is 7.02. The van der Waals surface area contributed by atoms with Crippen LogP contribution in [-0.4, -0.2) is 33.2 Å². The van der Waals surface area contributed by atoms with E-state index in [1.165, 1.54) is 0 Å². The Balaban J connectivity index is 1.77. The van der Waals surface area contributed by atoms with Crippen LogP contribution in [0, 0.1) is 0 Å². The maximum Gasteiger partial charge on any atom is 0.161 e. The molecule has 0 aliphatic heterocycles. The van der Waals surface area contributed by atoms with Crippen LogP contribution in [0.15, 0.2) is 141 Å². The molecule has 0 N–H and O–H groups in total. The van der Waals surface area contributed by atoms with Crippen LogP contribution in [-0.2, 0) is 0 Å². The molecule has 7 rings (SSSR count). The molecule has 7 heteroatoms. The number of ketones is 1. The fourth-order valence-corrected chi connectivity index (χ4v) is 5.30. The Morgan fingerprint density at radius 2 is 0.667 bits per heavy atom. The van der Waals surface area contributed by atoms with Crippen molar-refractivity contribution in [3.05, 3.63) is 147 Å². The smallest absolute Gasteiger partial charge is 0.161 e. The Hall–Kier alpha value is -5.43. The molecule has 0 atom stereocenters. The molecule has 7 nitrogen and oxygen atoms in total. The van der Waals surface area contributed by atoms with Crippen LogP contribution in [0.4, 0.5) is 0 Å². The van der Waals surface area contributed by atoms with Gasteiger partial charge < -0.3 is 27.4 Å². The Morgan fingerprint density at radius 3 is 0.897 bits per heavy atom. The third kappa shape index (κ3) is 3.71. The summed E-state index contributed by atoms with van der Waals surface area (Å²) in [6, 6.07) is 22.3. The summed E-state index contributed by atoms with van der Waals surface area (Å²) >= 11 is 0. The largest absolute Gasteiger partial charge is 0.320 e. The first-order valence-corrected chi connectivity index (χ1v) is 12.8. The van der Waals surface area contributed by atoms with Gasteiger partial charge in [0.05, 0.1) is 34.1 Å². The zero-order chi connectivity index (χ0) is 26.3. The Kier molecular flexibility index (Phi) is 5.33. The molecular weight excluding hydrogens is 484 g/mol. The van der Waals surface area contributed by atoms with Crippen molar-refractivity contribution in [2.24, 2.45) is 0 Å². The van der Waals surface area contributed by atoms with Crippen molar-refractivity contribution in [1.82, 2.24) is 27.4 Å². The van der Waals surface area contributed by atoms with Crippen molar-refractivity contribution in [2.75, 3.05) is 0 Å². The summed E-state index contributed by atoms with van der Waals surface area (Å²) in [4.78, 5) is 12.4. The van der Waals surface area contributed by atoms with Crippen LogP contribution in [0.2, 0.25) is 0 Å².